The van der Waals surface area contributed by atoms with Gasteiger partial charge in [-0.05, 0) is 52.3 Å². The molecular formula is C15H21BFNO3. The van der Waals surface area contributed by atoms with E-state index in [1.807, 2.05) is 33.0 Å². The smallest absolute Gasteiger partial charge is 0.399 e. The number of benzene rings is 1. The van der Waals surface area contributed by atoms with E-state index < -0.39 is 37.0 Å². The predicted molar refractivity (Wildman–Crippen MR) is 80.2 cm³/mol. The van der Waals surface area contributed by atoms with Crippen LogP contribution in [-0.4, -0.2) is 31.2 Å². The summed E-state index contributed by atoms with van der Waals surface area (Å²) in [7, 11) is -0.978. The number of amides is 1. The molecule has 0 aliphatic carbocycles. The van der Waals surface area contributed by atoms with Crippen LogP contribution >= 0.6 is 0 Å². The molecule has 0 aromatic heterocycles. The number of hydrogen-bond acceptors (Lipinski definition) is 3. The minimum Gasteiger partial charge on any atom is -0.399 e. The summed E-state index contributed by atoms with van der Waals surface area (Å²) in [6, 6.07) is 2.57. The van der Waals surface area contributed by atoms with Crippen LogP contribution in [0.15, 0.2) is 12.1 Å². The highest BCUT2D eigenvalue weighted by atomic mass is 19.1. The van der Waals surface area contributed by atoms with E-state index in [2.05, 4.69) is 0 Å². The van der Waals surface area contributed by atoms with Crippen molar-refractivity contribution in [2.45, 2.75) is 45.8 Å². The molecule has 1 aliphatic heterocycles. The molecule has 0 atom stereocenters. The average Bonchev–Trinajstić information content (AvgIpc) is 2.59. The Labute approximate surface area is 129 Å². The van der Waals surface area contributed by atoms with E-state index in [1.54, 1.807) is 0 Å². The van der Waals surface area contributed by atoms with Gasteiger partial charge in [0.05, 0.1) is 11.2 Å². The highest BCUT2D eigenvalue weighted by molar-refractivity contribution is 6.62. The van der Waals surface area contributed by atoms with Crippen molar-refractivity contribution < 1.29 is 22.6 Å². The summed E-state index contributed by atoms with van der Waals surface area (Å²) < 4.78 is 47.5. The Morgan fingerprint density at radius 2 is 1.86 bits per heavy atom. The number of hydrogen-bond donors (Lipinski definition) is 1. The lowest BCUT2D eigenvalue weighted by Crippen LogP contribution is -2.41. The topological polar surface area (TPSA) is 47.6 Å². The van der Waals surface area contributed by atoms with Gasteiger partial charge < -0.3 is 14.6 Å². The van der Waals surface area contributed by atoms with Crippen molar-refractivity contribution in [1.82, 2.24) is 5.32 Å². The van der Waals surface area contributed by atoms with Gasteiger partial charge in [0.15, 0.2) is 0 Å². The first-order valence-electron chi connectivity index (χ1n) is 8.22. The Balaban J connectivity index is 2.40. The van der Waals surface area contributed by atoms with Crippen molar-refractivity contribution in [3.05, 3.63) is 29.1 Å². The van der Waals surface area contributed by atoms with Crippen LogP contribution in [0.2, 0.25) is 0 Å². The molecule has 0 bridgehead atoms. The molecule has 6 heteroatoms. The second-order valence-corrected chi connectivity index (χ2v) is 6.24. The highest BCUT2D eigenvalue weighted by Crippen LogP contribution is 2.36. The molecule has 1 saturated heterocycles. The molecule has 1 N–H and O–H groups in total. The van der Waals surface area contributed by atoms with Gasteiger partial charge in [0.2, 0.25) is 0 Å². The third kappa shape index (κ3) is 2.70. The fraction of sp³-hybridized carbons (Fsp3) is 0.533. The van der Waals surface area contributed by atoms with Gasteiger partial charge in [-0.25, -0.2) is 4.39 Å². The lowest BCUT2D eigenvalue weighted by molar-refractivity contribution is 0.00578. The molecule has 114 valence electrons. The van der Waals surface area contributed by atoms with Crippen LogP contribution in [-0.2, 0) is 9.31 Å². The lowest BCUT2D eigenvalue weighted by Gasteiger charge is -2.32. The van der Waals surface area contributed by atoms with Gasteiger partial charge in [0.25, 0.3) is 5.91 Å². The largest absolute Gasteiger partial charge is 0.497 e. The molecular weight excluding hydrogens is 272 g/mol. The maximum atomic E-state index is 14.5. The molecule has 2 rings (SSSR count). The van der Waals surface area contributed by atoms with Gasteiger partial charge in [-0.1, -0.05) is 0 Å². The zero-order valence-electron chi connectivity index (χ0n) is 15.8. The van der Waals surface area contributed by atoms with E-state index in [4.69, 9.17) is 13.4 Å². The summed E-state index contributed by atoms with van der Waals surface area (Å²) in [5, 5.41) is 1.89. The number of aryl methyl sites for hydroxylation is 1. The monoisotopic (exact) mass is 296 g/mol. The molecule has 4 nitrogen and oxygen atoms in total. The number of halogens is 1. The van der Waals surface area contributed by atoms with Crippen molar-refractivity contribution in [2.24, 2.45) is 0 Å². The third-order valence-corrected chi connectivity index (χ3v) is 4.17. The first kappa shape index (κ1) is 12.2. The number of carbonyl (C=O) groups excluding carboxylic acids is 1. The fourth-order valence-corrected chi connectivity index (χ4v) is 2.14. The van der Waals surface area contributed by atoms with Crippen LogP contribution in [0.1, 0.15) is 47.7 Å². The first-order chi connectivity index (χ1) is 10.7. The van der Waals surface area contributed by atoms with Crippen LogP contribution in [0.5, 0.6) is 0 Å². The van der Waals surface area contributed by atoms with Gasteiger partial charge in [-0.15, -0.1) is 0 Å². The van der Waals surface area contributed by atoms with Gasteiger partial charge >= 0.3 is 7.12 Å². The summed E-state index contributed by atoms with van der Waals surface area (Å²) in [5.41, 5.74) is -0.999. The van der Waals surface area contributed by atoms with Crippen LogP contribution in [0.4, 0.5) is 4.39 Å². The minimum absolute atomic E-state index is 0.0368. The zero-order chi connectivity index (χ0) is 18.5. The van der Waals surface area contributed by atoms with Crippen molar-refractivity contribution in [1.29, 1.82) is 0 Å². The lowest BCUT2D eigenvalue weighted by atomic mass is 9.77. The van der Waals surface area contributed by atoms with Crippen molar-refractivity contribution in [3.8, 4) is 0 Å². The second kappa shape index (κ2) is 5.11. The Hall–Kier alpha value is -1.40. The molecule has 21 heavy (non-hydrogen) atoms. The summed E-state index contributed by atoms with van der Waals surface area (Å²) in [6.45, 7) is 6.22. The summed E-state index contributed by atoms with van der Waals surface area (Å²) >= 11 is 0. The maximum Gasteiger partial charge on any atom is 0.497 e. The maximum absolute atomic E-state index is 14.5. The van der Waals surface area contributed by atoms with Crippen LogP contribution in [0, 0.1) is 12.7 Å². The number of carbonyl (C=O) groups is 1. The first-order valence-corrected chi connectivity index (χ1v) is 6.72. The number of rotatable bonds is 2. The molecule has 0 unspecified atom stereocenters. The Morgan fingerprint density at radius 3 is 2.38 bits per heavy atom. The fourth-order valence-electron chi connectivity index (χ4n) is 2.14. The van der Waals surface area contributed by atoms with E-state index in [-0.39, 0.29) is 16.6 Å². The Bertz CT molecular complexity index is 661. The molecule has 0 spiro atoms. The van der Waals surface area contributed by atoms with E-state index in [0.29, 0.717) is 0 Å². The second-order valence-electron chi connectivity index (χ2n) is 6.24. The number of nitrogens with one attached hydrogen (secondary N) is 1. The highest BCUT2D eigenvalue weighted by Gasteiger charge is 2.52. The molecule has 0 radical (unpaired) electrons. The van der Waals surface area contributed by atoms with Gasteiger partial charge in [-0.2, -0.15) is 0 Å². The Morgan fingerprint density at radius 1 is 1.29 bits per heavy atom. The van der Waals surface area contributed by atoms with E-state index in [1.165, 1.54) is 19.1 Å². The van der Waals surface area contributed by atoms with Crippen molar-refractivity contribution in [2.75, 3.05) is 6.98 Å². The van der Waals surface area contributed by atoms with Gasteiger partial charge in [-0.3, -0.25) is 4.79 Å². The predicted octanol–water partition coefficient (Wildman–Crippen LogP) is 1.79. The van der Waals surface area contributed by atoms with E-state index in [0.717, 1.165) is 0 Å². The summed E-state index contributed by atoms with van der Waals surface area (Å²) in [6.07, 6.45) is 0. The van der Waals surface area contributed by atoms with E-state index >= 15 is 0 Å². The van der Waals surface area contributed by atoms with Crippen LogP contribution in [0.3, 0.4) is 0 Å². The Kier molecular flexibility index (Phi) is 2.96. The quantitative estimate of drug-likeness (QED) is 0.847. The molecule has 1 aliphatic rings. The SMILES string of the molecule is [2H]C([2H])([2H])NC(=O)c1cc(C)c(F)c(B2OC(C)(C)C(C)(C)O2)c1. The molecule has 1 heterocycles. The van der Waals surface area contributed by atoms with Crippen LogP contribution in [0.25, 0.3) is 0 Å². The molecule has 1 aromatic rings. The van der Waals surface area contributed by atoms with Crippen molar-refractivity contribution in [3.63, 3.8) is 0 Å². The zero-order valence-corrected chi connectivity index (χ0v) is 12.8. The summed E-state index contributed by atoms with van der Waals surface area (Å²) in [5.74, 6) is -1.35. The molecule has 1 amide bonds. The van der Waals surface area contributed by atoms with Gasteiger partial charge in [0, 0.05) is 22.1 Å². The molecule has 1 aromatic carbocycles. The standard InChI is InChI=1S/C15H21BFNO3/c1-9-7-10(13(19)18-6)8-11(12(9)17)16-20-14(2,3)15(4,5)21-16/h7-8H,1-6H3,(H,18,19)/i6D3. The average molecular weight is 296 g/mol. The molecule has 0 saturated carbocycles. The normalized spacial score (nSPS) is 22.4. The van der Waals surface area contributed by atoms with E-state index in [9.17, 15) is 9.18 Å². The van der Waals surface area contributed by atoms with Crippen molar-refractivity contribution >= 4 is 18.5 Å². The third-order valence-electron chi connectivity index (χ3n) is 4.17. The molecule has 1 fully saturated rings. The van der Waals surface area contributed by atoms with Gasteiger partial charge in [0.1, 0.15) is 5.82 Å². The summed E-state index contributed by atoms with van der Waals surface area (Å²) in [4.78, 5) is 12.1. The van der Waals surface area contributed by atoms with Crippen LogP contribution < -0.4 is 10.8 Å². The minimum atomic E-state index is -2.62.